The molecule has 0 saturated carbocycles. The van der Waals surface area contributed by atoms with Crippen molar-refractivity contribution in [1.82, 2.24) is 15.6 Å². The molecule has 0 bridgehead atoms. The highest BCUT2D eigenvalue weighted by Crippen LogP contribution is 2.17. The summed E-state index contributed by atoms with van der Waals surface area (Å²) >= 11 is 0. The Morgan fingerprint density at radius 3 is 2.84 bits per heavy atom. The largest absolute Gasteiger partial charge is 0.468 e. The molecule has 2 N–H and O–H groups in total. The van der Waals surface area contributed by atoms with Crippen molar-refractivity contribution in [3.63, 3.8) is 0 Å². The molecular formula is C14H20Cl2F3N3O3. The molecule has 144 valence electrons. The molecule has 6 nitrogen and oxygen atoms in total. The number of nitrogens with one attached hydrogen (secondary N) is 2. The number of rotatable bonds is 5. The van der Waals surface area contributed by atoms with Crippen molar-refractivity contribution >= 4 is 30.7 Å². The Morgan fingerprint density at radius 2 is 2.20 bits per heavy atom. The van der Waals surface area contributed by atoms with Crippen molar-refractivity contribution < 1.29 is 27.4 Å². The van der Waals surface area contributed by atoms with E-state index in [1.54, 1.807) is 13.0 Å². The molecule has 1 aromatic heterocycles. The van der Waals surface area contributed by atoms with Crippen LogP contribution in [0.3, 0.4) is 0 Å². The maximum absolute atomic E-state index is 12.1. The molecule has 0 spiro atoms. The van der Waals surface area contributed by atoms with E-state index in [0.717, 1.165) is 0 Å². The van der Waals surface area contributed by atoms with Gasteiger partial charge in [-0.2, -0.15) is 13.2 Å². The summed E-state index contributed by atoms with van der Waals surface area (Å²) in [5.74, 6) is -0.367. The number of halogens is 5. The van der Waals surface area contributed by atoms with Gasteiger partial charge in [0.1, 0.15) is 6.04 Å². The van der Waals surface area contributed by atoms with Crippen LogP contribution in [-0.4, -0.2) is 49.0 Å². The number of nitrogens with zero attached hydrogens (tertiary/aromatic N) is 1. The first kappa shape index (κ1) is 23.7. The number of amides is 1. The normalized spacial score (nSPS) is 20.0. The summed E-state index contributed by atoms with van der Waals surface area (Å²) in [4.78, 5) is 15.8. The highest BCUT2D eigenvalue weighted by atomic mass is 35.5. The Balaban J connectivity index is 0.00000288. The number of hydrogen-bond acceptors (Lipinski definition) is 5. The molecular weight excluding hydrogens is 386 g/mol. The van der Waals surface area contributed by atoms with Crippen LogP contribution in [0, 0.1) is 0 Å². The first-order chi connectivity index (χ1) is 10.8. The van der Waals surface area contributed by atoms with E-state index in [9.17, 15) is 18.0 Å². The second-order valence-corrected chi connectivity index (χ2v) is 5.13. The summed E-state index contributed by atoms with van der Waals surface area (Å²) in [6.07, 6.45) is -3.33. The molecule has 0 aliphatic carbocycles. The SMILES string of the molecule is C[C@H]1OCCN[C@@H]1C(=O)NCc1ccnc(OCC(F)(F)F)c1.Cl.Cl. The molecule has 11 heteroatoms. The molecule has 1 amide bonds. The van der Waals surface area contributed by atoms with Gasteiger partial charge in [-0.25, -0.2) is 4.98 Å². The van der Waals surface area contributed by atoms with Gasteiger partial charge in [0, 0.05) is 25.4 Å². The molecule has 0 radical (unpaired) electrons. The fourth-order valence-electron chi connectivity index (χ4n) is 2.12. The predicted molar refractivity (Wildman–Crippen MR) is 89.3 cm³/mol. The zero-order valence-corrected chi connectivity index (χ0v) is 15.0. The number of carbonyl (C=O) groups is 1. The Morgan fingerprint density at radius 1 is 1.48 bits per heavy atom. The minimum Gasteiger partial charge on any atom is -0.468 e. The van der Waals surface area contributed by atoms with Crippen molar-refractivity contribution in [2.75, 3.05) is 19.8 Å². The van der Waals surface area contributed by atoms with Gasteiger partial charge >= 0.3 is 6.18 Å². The van der Waals surface area contributed by atoms with E-state index in [4.69, 9.17) is 4.74 Å². The van der Waals surface area contributed by atoms with Crippen LogP contribution < -0.4 is 15.4 Å². The van der Waals surface area contributed by atoms with Crippen LogP contribution in [0.15, 0.2) is 18.3 Å². The average molecular weight is 406 g/mol. The topological polar surface area (TPSA) is 72.5 Å². The third-order valence-corrected chi connectivity index (χ3v) is 3.25. The van der Waals surface area contributed by atoms with E-state index in [2.05, 4.69) is 20.4 Å². The molecule has 1 aliphatic rings. The Labute approximate surface area is 155 Å². The van der Waals surface area contributed by atoms with Crippen LogP contribution >= 0.6 is 24.8 Å². The van der Waals surface area contributed by atoms with Gasteiger partial charge in [0.05, 0.1) is 12.7 Å². The van der Waals surface area contributed by atoms with Gasteiger partial charge in [0.25, 0.3) is 0 Å². The first-order valence-electron chi connectivity index (χ1n) is 7.12. The van der Waals surface area contributed by atoms with Crippen molar-refractivity contribution in [2.45, 2.75) is 31.8 Å². The van der Waals surface area contributed by atoms with Gasteiger partial charge in [0.2, 0.25) is 11.8 Å². The Bertz CT molecular complexity index is 550. The lowest BCUT2D eigenvalue weighted by atomic mass is 10.1. The van der Waals surface area contributed by atoms with Crippen LogP contribution in [0.4, 0.5) is 13.2 Å². The Kier molecular flexibility index (Phi) is 10.1. The number of morpholine rings is 1. The van der Waals surface area contributed by atoms with Crippen LogP contribution in [0.2, 0.25) is 0 Å². The molecule has 0 aromatic carbocycles. The number of pyridine rings is 1. The third-order valence-electron chi connectivity index (χ3n) is 3.25. The van der Waals surface area contributed by atoms with E-state index in [1.807, 2.05) is 0 Å². The number of ether oxygens (including phenoxy) is 2. The monoisotopic (exact) mass is 405 g/mol. The van der Waals surface area contributed by atoms with E-state index >= 15 is 0 Å². The average Bonchev–Trinajstić information content (AvgIpc) is 2.51. The molecule has 1 saturated heterocycles. The second-order valence-electron chi connectivity index (χ2n) is 5.13. The van der Waals surface area contributed by atoms with Gasteiger partial charge in [-0.1, -0.05) is 0 Å². The minimum absolute atomic E-state index is 0. The number of hydrogen-bond donors (Lipinski definition) is 2. The van der Waals surface area contributed by atoms with E-state index in [1.165, 1.54) is 12.3 Å². The van der Waals surface area contributed by atoms with Crippen molar-refractivity contribution in [1.29, 1.82) is 0 Å². The van der Waals surface area contributed by atoms with Crippen LogP contribution in [-0.2, 0) is 16.1 Å². The highest BCUT2D eigenvalue weighted by Gasteiger charge is 2.29. The summed E-state index contributed by atoms with van der Waals surface area (Å²) in [6, 6.07) is 2.50. The summed E-state index contributed by atoms with van der Waals surface area (Å²) in [6.45, 7) is 1.69. The lowest BCUT2D eigenvalue weighted by Crippen LogP contribution is -2.55. The maximum Gasteiger partial charge on any atom is 0.422 e. The number of alkyl halides is 3. The van der Waals surface area contributed by atoms with Gasteiger partial charge in [-0.15, -0.1) is 24.8 Å². The van der Waals surface area contributed by atoms with Gasteiger partial charge in [0.15, 0.2) is 6.61 Å². The van der Waals surface area contributed by atoms with E-state index in [0.29, 0.717) is 18.7 Å². The molecule has 2 heterocycles. The fraction of sp³-hybridized carbons (Fsp3) is 0.571. The van der Waals surface area contributed by atoms with Crippen molar-refractivity contribution in [2.24, 2.45) is 0 Å². The van der Waals surface area contributed by atoms with Crippen molar-refractivity contribution in [3.8, 4) is 5.88 Å². The fourth-order valence-corrected chi connectivity index (χ4v) is 2.12. The van der Waals surface area contributed by atoms with Gasteiger partial charge in [-0.3, -0.25) is 4.79 Å². The van der Waals surface area contributed by atoms with Gasteiger partial charge in [-0.05, 0) is 18.6 Å². The lowest BCUT2D eigenvalue weighted by Gasteiger charge is -2.29. The number of aromatic nitrogens is 1. The molecule has 1 aliphatic heterocycles. The molecule has 1 fully saturated rings. The predicted octanol–water partition coefficient (Wildman–Crippen LogP) is 1.86. The van der Waals surface area contributed by atoms with E-state index < -0.39 is 18.8 Å². The quantitative estimate of drug-likeness (QED) is 0.781. The lowest BCUT2D eigenvalue weighted by molar-refractivity contribution is -0.154. The van der Waals surface area contributed by atoms with Crippen LogP contribution in [0.25, 0.3) is 0 Å². The zero-order chi connectivity index (χ0) is 16.9. The molecule has 2 rings (SSSR count). The highest BCUT2D eigenvalue weighted by molar-refractivity contribution is 5.85. The van der Waals surface area contributed by atoms with E-state index in [-0.39, 0.29) is 49.2 Å². The van der Waals surface area contributed by atoms with Gasteiger partial charge < -0.3 is 20.1 Å². The maximum atomic E-state index is 12.1. The number of carbonyl (C=O) groups excluding carboxylic acids is 1. The smallest absolute Gasteiger partial charge is 0.422 e. The molecule has 2 atom stereocenters. The summed E-state index contributed by atoms with van der Waals surface area (Å²) < 4.78 is 46.3. The second kappa shape index (κ2) is 10.6. The molecule has 0 unspecified atom stereocenters. The Hall–Kier alpha value is -1.29. The zero-order valence-electron chi connectivity index (χ0n) is 13.3. The summed E-state index contributed by atoms with van der Waals surface area (Å²) in [7, 11) is 0. The third kappa shape index (κ3) is 8.08. The van der Waals surface area contributed by atoms with Crippen molar-refractivity contribution in [3.05, 3.63) is 23.9 Å². The molecule has 25 heavy (non-hydrogen) atoms. The summed E-state index contributed by atoms with van der Waals surface area (Å²) in [5.41, 5.74) is 0.593. The van der Waals surface area contributed by atoms with Crippen LogP contribution in [0.5, 0.6) is 5.88 Å². The summed E-state index contributed by atoms with van der Waals surface area (Å²) in [5, 5.41) is 5.77. The first-order valence-corrected chi connectivity index (χ1v) is 7.12. The minimum atomic E-state index is -4.42. The molecule has 1 aromatic rings. The standard InChI is InChI=1S/C14H18F3N3O3.2ClH/c1-9-12(19-4-5-22-9)13(21)20-7-10-2-3-18-11(6-10)23-8-14(15,16)17;;/h2-3,6,9,12,19H,4-5,7-8H2,1H3,(H,20,21);2*1H/t9-,12+;;/m1../s1. The van der Waals surface area contributed by atoms with Crippen LogP contribution in [0.1, 0.15) is 12.5 Å².